The van der Waals surface area contributed by atoms with E-state index in [-0.39, 0.29) is 5.97 Å². The van der Waals surface area contributed by atoms with Gasteiger partial charge in [0, 0.05) is 26.5 Å². The molecule has 0 aromatic heterocycles. The maximum absolute atomic E-state index is 12.7. The second-order valence-electron chi connectivity index (χ2n) is 6.44. The van der Waals surface area contributed by atoms with E-state index in [1.165, 1.54) is 0 Å². The number of methoxy groups -OCH3 is 2. The van der Waals surface area contributed by atoms with E-state index < -0.39 is 5.60 Å². The van der Waals surface area contributed by atoms with Gasteiger partial charge in [-0.2, -0.15) is 0 Å². The minimum atomic E-state index is -0.956. The van der Waals surface area contributed by atoms with Crippen LogP contribution in [0, 0.1) is 0 Å². The van der Waals surface area contributed by atoms with Gasteiger partial charge < -0.3 is 14.2 Å². The number of ether oxygens (including phenoxy) is 3. The smallest absolute Gasteiger partial charge is 0.340 e. The maximum atomic E-state index is 12.7. The summed E-state index contributed by atoms with van der Waals surface area (Å²) in [4.78, 5) is 14.7. The van der Waals surface area contributed by atoms with Crippen molar-refractivity contribution in [2.45, 2.75) is 15.4 Å². The molecule has 4 nitrogen and oxygen atoms in total. The summed E-state index contributed by atoms with van der Waals surface area (Å²) in [6, 6.07) is 19.4. The summed E-state index contributed by atoms with van der Waals surface area (Å²) in [5.74, 6) is 1.22. The fourth-order valence-corrected chi connectivity index (χ4v) is 5.12. The van der Waals surface area contributed by atoms with Crippen molar-refractivity contribution >= 4 is 17.7 Å². The molecule has 0 unspecified atom stereocenters. The predicted octanol–water partition coefficient (Wildman–Crippen LogP) is 4.63. The lowest BCUT2D eigenvalue weighted by atomic mass is 9.79. The van der Waals surface area contributed by atoms with E-state index in [0.717, 1.165) is 38.0 Å². The molecule has 0 atom stereocenters. The number of carbonyl (C=O) groups is 1. The zero-order valence-electron chi connectivity index (χ0n) is 14.8. The zero-order valence-corrected chi connectivity index (χ0v) is 15.6. The van der Waals surface area contributed by atoms with Crippen molar-refractivity contribution in [1.82, 2.24) is 0 Å². The minimum absolute atomic E-state index is 0.305. The third-order valence-electron chi connectivity index (χ3n) is 5.13. The SMILES string of the molecule is COc1ccc2c(c1)Sc1cc(OC)ccc1C21OC(=O)c2ccccc21. The van der Waals surface area contributed by atoms with E-state index >= 15 is 0 Å². The minimum Gasteiger partial charge on any atom is -0.497 e. The van der Waals surface area contributed by atoms with Crippen LogP contribution >= 0.6 is 11.8 Å². The lowest BCUT2D eigenvalue weighted by Gasteiger charge is -2.36. The van der Waals surface area contributed by atoms with E-state index in [9.17, 15) is 4.79 Å². The molecule has 0 saturated carbocycles. The van der Waals surface area contributed by atoms with Crippen LogP contribution in [0.3, 0.4) is 0 Å². The predicted molar refractivity (Wildman–Crippen MR) is 102 cm³/mol. The molecule has 2 heterocycles. The molecular formula is C22H16O4S. The molecule has 3 aromatic carbocycles. The van der Waals surface area contributed by atoms with Gasteiger partial charge in [0.2, 0.25) is 0 Å². The summed E-state index contributed by atoms with van der Waals surface area (Å²) < 4.78 is 16.9. The Hall–Kier alpha value is -2.92. The van der Waals surface area contributed by atoms with E-state index in [2.05, 4.69) is 0 Å². The monoisotopic (exact) mass is 376 g/mol. The van der Waals surface area contributed by atoms with E-state index in [0.29, 0.717) is 5.56 Å². The summed E-state index contributed by atoms with van der Waals surface area (Å²) in [5, 5.41) is 0. The van der Waals surface area contributed by atoms with Crippen molar-refractivity contribution < 1.29 is 19.0 Å². The van der Waals surface area contributed by atoms with Gasteiger partial charge >= 0.3 is 5.97 Å². The number of benzene rings is 3. The zero-order chi connectivity index (χ0) is 18.6. The highest BCUT2D eigenvalue weighted by atomic mass is 32.2. The van der Waals surface area contributed by atoms with Crippen molar-refractivity contribution in [3.8, 4) is 11.5 Å². The van der Waals surface area contributed by atoms with Crippen LogP contribution in [0.2, 0.25) is 0 Å². The van der Waals surface area contributed by atoms with Crippen LogP contribution < -0.4 is 9.47 Å². The first kappa shape index (κ1) is 16.3. The Labute approximate surface area is 161 Å². The average molecular weight is 376 g/mol. The number of hydrogen-bond donors (Lipinski definition) is 0. The molecule has 1 spiro atoms. The lowest BCUT2D eigenvalue weighted by molar-refractivity contribution is 0.0232. The van der Waals surface area contributed by atoms with Crippen molar-refractivity contribution in [3.05, 3.63) is 82.9 Å². The van der Waals surface area contributed by atoms with Crippen LogP contribution in [0.5, 0.6) is 11.5 Å². The van der Waals surface area contributed by atoms with Gasteiger partial charge in [0.05, 0.1) is 19.8 Å². The molecule has 0 saturated heterocycles. The Morgan fingerprint density at radius 2 is 1.41 bits per heavy atom. The second kappa shape index (κ2) is 5.79. The lowest BCUT2D eigenvalue weighted by Crippen LogP contribution is -2.32. The Kier molecular flexibility index (Phi) is 3.49. The average Bonchev–Trinajstić information content (AvgIpc) is 3.01. The van der Waals surface area contributed by atoms with Gasteiger partial charge in [0.1, 0.15) is 11.5 Å². The highest BCUT2D eigenvalue weighted by Gasteiger charge is 2.52. The standard InChI is InChI=1S/C22H16O4S/c1-24-13-7-9-17-19(11-13)27-20-12-14(25-2)8-10-18(20)22(17)16-6-4-3-5-15(16)21(23)26-22/h3-12H,1-2H3. The van der Waals surface area contributed by atoms with Crippen molar-refractivity contribution in [3.63, 3.8) is 0 Å². The van der Waals surface area contributed by atoms with Crippen LogP contribution in [-0.2, 0) is 10.3 Å². The number of hydrogen-bond acceptors (Lipinski definition) is 5. The van der Waals surface area contributed by atoms with E-state index in [4.69, 9.17) is 14.2 Å². The van der Waals surface area contributed by atoms with Gasteiger partial charge in [0.25, 0.3) is 0 Å². The Bertz CT molecular complexity index is 1040. The van der Waals surface area contributed by atoms with Crippen LogP contribution in [0.4, 0.5) is 0 Å². The summed E-state index contributed by atoms with van der Waals surface area (Å²) in [6.45, 7) is 0. The maximum Gasteiger partial charge on any atom is 0.340 e. The molecule has 0 radical (unpaired) electrons. The van der Waals surface area contributed by atoms with E-state index in [1.54, 1.807) is 26.0 Å². The first-order chi connectivity index (χ1) is 13.2. The first-order valence-electron chi connectivity index (χ1n) is 8.55. The summed E-state index contributed by atoms with van der Waals surface area (Å²) in [6.07, 6.45) is 0. The molecule has 0 amide bonds. The van der Waals surface area contributed by atoms with Crippen LogP contribution in [0.15, 0.2) is 70.5 Å². The molecule has 5 rings (SSSR count). The first-order valence-corrected chi connectivity index (χ1v) is 9.37. The van der Waals surface area contributed by atoms with Gasteiger partial charge in [-0.05, 0) is 42.5 Å². The molecule has 0 bridgehead atoms. The van der Waals surface area contributed by atoms with Crippen molar-refractivity contribution in [1.29, 1.82) is 0 Å². The topological polar surface area (TPSA) is 44.8 Å². The largest absolute Gasteiger partial charge is 0.497 e. The molecule has 0 aliphatic carbocycles. The molecule has 2 aliphatic heterocycles. The van der Waals surface area contributed by atoms with Gasteiger partial charge in [-0.25, -0.2) is 4.79 Å². The summed E-state index contributed by atoms with van der Waals surface area (Å²) >= 11 is 1.63. The van der Waals surface area contributed by atoms with Gasteiger partial charge in [-0.1, -0.05) is 30.0 Å². The van der Waals surface area contributed by atoms with E-state index in [1.807, 2.05) is 60.7 Å². The second-order valence-corrected chi connectivity index (χ2v) is 7.53. The molecule has 27 heavy (non-hydrogen) atoms. The summed E-state index contributed by atoms with van der Waals surface area (Å²) in [5.41, 5.74) is 2.41. The quantitative estimate of drug-likeness (QED) is 0.610. The highest BCUT2D eigenvalue weighted by Crippen LogP contribution is 2.57. The fraction of sp³-hybridized carbons (Fsp3) is 0.136. The summed E-state index contributed by atoms with van der Waals surface area (Å²) in [7, 11) is 3.29. The molecule has 3 aromatic rings. The van der Waals surface area contributed by atoms with Crippen LogP contribution in [-0.4, -0.2) is 20.2 Å². The molecule has 134 valence electrons. The number of carbonyl (C=O) groups excluding carboxylic acids is 1. The number of fused-ring (bicyclic) bond motifs is 6. The molecule has 2 aliphatic rings. The third kappa shape index (κ3) is 2.15. The van der Waals surface area contributed by atoms with Crippen LogP contribution in [0.25, 0.3) is 0 Å². The number of rotatable bonds is 2. The van der Waals surface area contributed by atoms with Crippen molar-refractivity contribution in [2.24, 2.45) is 0 Å². The van der Waals surface area contributed by atoms with Crippen LogP contribution in [0.1, 0.15) is 27.0 Å². The fourth-order valence-electron chi connectivity index (χ4n) is 3.89. The Balaban J connectivity index is 1.86. The molecule has 5 heteroatoms. The highest BCUT2D eigenvalue weighted by molar-refractivity contribution is 7.99. The van der Waals surface area contributed by atoms with Gasteiger partial charge in [-0.3, -0.25) is 0 Å². The molecule has 0 N–H and O–H groups in total. The van der Waals surface area contributed by atoms with Crippen molar-refractivity contribution in [2.75, 3.05) is 14.2 Å². The number of esters is 1. The third-order valence-corrected chi connectivity index (χ3v) is 6.24. The Morgan fingerprint density at radius 1 is 0.815 bits per heavy atom. The Morgan fingerprint density at radius 3 is 2.00 bits per heavy atom. The molecule has 0 fully saturated rings. The molecular weight excluding hydrogens is 360 g/mol. The van der Waals surface area contributed by atoms with Gasteiger partial charge in [0.15, 0.2) is 5.60 Å². The normalized spacial score (nSPS) is 15.6. The van der Waals surface area contributed by atoms with Gasteiger partial charge in [-0.15, -0.1) is 0 Å².